The molecule has 0 bridgehead atoms. The maximum absolute atomic E-state index is 15.0. The lowest BCUT2D eigenvalue weighted by Gasteiger charge is -2.38. The minimum Gasteiger partial charge on any atom is -0.394 e. The first-order valence-electron chi connectivity index (χ1n) is 16.9. The van der Waals surface area contributed by atoms with Gasteiger partial charge in [0, 0.05) is 48.5 Å². The number of hydrogen-bond donors (Lipinski definition) is 1. The third-order valence-electron chi connectivity index (χ3n) is 10.4. The van der Waals surface area contributed by atoms with Crippen LogP contribution >= 0.6 is 11.8 Å². The van der Waals surface area contributed by atoms with Crippen molar-refractivity contribution in [2.75, 3.05) is 47.5 Å². The number of amides is 3. The zero-order valence-corrected chi connectivity index (χ0v) is 28.2. The second-order valence-corrected chi connectivity index (χ2v) is 14.4. The highest BCUT2D eigenvalue weighted by molar-refractivity contribution is 8.02. The Bertz CT molecular complexity index is 1710. The van der Waals surface area contributed by atoms with Gasteiger partial charge in [0.25, 0.3) is 5.91 Å². The van der Waals surface area contributed by atoms with Crippen LogP contribution in [-0.4, -0.2) is 82.6 Å². The number of carbonyl (C=O) groups excluding carboxylic acids is 3. The van der Waals surface area contributed by atoms with Gasteiger partial charge in [-0.05, 0) is 62.2 Å². The number of carbonyl (C=O) groups is 3. The Morgan fingerprint density at radius 3 is 2.10 bits per heavy atom. The number of fused-ring (bicyclic) bond motifs is 2. The number of thioether (sulfide) groups is 1. The van der Waals surface area contributed by atoms with Crippen molar-refractivity contribution in [3.63, 3.8) is 0 Å². The lowest BCUT2D eigenvalue weighted by molar-refractivity contribution is -0.141. The Morgan fingerprint density at radius 1 is 0.812 bits per heavy atom. The number of anilines is 3. The third kappa shape index (κ3) is 5.33. The van der Waals surface area contributed by atoms with Crippen LogP contribution < -0.4 is 14.7 Å². The molecular formula is C39H42N4O4S. The number of para-hydroxylation sites is 1. The van der Waals surface area contributed by atoms with Gasteiger partial charge in [0.05, 0.1) is 29.2 Å². The van der Waals surface area contributed by atoms with E-state index >= 15 is 4.79 Å². The number of benzene rings is 3. The number of hydrogen-bond acceptors (Lipinski definition) is 6. The second kappa shape index (κ2) is 13.3. The minimum atomic E-state index is -0.983. The van der Waals surface area contributed by atoms with E-state index in [0.717, 1.165) is 35.7 Å². The lowest BCUT2D eigenvalue weighted by Crippen LogP contribution is -2.57. The predicted octanol–water partition coefficient (Wildman–Crippen LogP) is 4.94. The fourth-order valence-corrected chi connectivity index (χ4v) is 10.1. The van der Waals surface area contributed by atoms with E-state index in [4.69, 9.17) is 0 Å². The van der Waals surface area contributed by atoms with Crippen molar-refractivity contribution in [1.29, 1.82) is 0 Å². The molecule has 4 aliphatic heterocycles. The van der Waals surface area contributed by atoms with Crippen LogP contribution in [0.15, 0.2) is 109 Å². The number of rotatable bonds is 9. The van der Waals surface area contributed by atoms with Gasteiger partial charge in [-0.2, -0.15) is 0 Å². The molecule has 6 atom stereocenters. The molecule has 0 aliphatic carbocycles. The summed E-state index contributed by atoms with van der Waals surface area (Å²) in [7, 11) is 0. The Hall–Kier alpha value is -4.34. The first kappa shape index (κ1) is 32.2. The molecule has 4 aliphatic rings. The molecule has 4 heterocycles. The van der Waals surface area contributed by atoms with Crippen LogP contribution in [0.3, 0.4) is 0 Å². The van der Waals surface area contributed by atoms with Crippen LogP contribution in [0, 0.1) is 11.8 Å². The topological polar surface area (TPSA) is 84.4 Å². The molecule has 48 heavy (non-hydrogen) atoms. The molecule has 1 unspecified atom stereocenters. The van der Waals surface area contributed by atoms with Gasteiger partial charge < -0.3 is 24.7 Å². The first-order chi connectivity index (χ1) is 23.4. The van der Waals surface area contributed by atoms with Crippen molar-refractivity contribution in [3.8, 4) is 0 Å². The summed E-state index contributed by atoms with van der Waals surface area (Å²) in [5.74, 6) is -1.99. The van der Waals surface area contributed by atoms with E-state index in [-0.39, 0.29) is 29.6 Å². The fraction of sp³-hybridized carbons (Fsp3) is 0.359. The highest BCUT2D eigenvalue weighted by Gasteiger charge is 2.71. The standard InChI is InChI=1S/C39H42N4O4S/c1-3-40(4-2)28-18-20-30(21-19-28)42-24-12-22-39-34(33-32(48-39)17-11-23-41(36(33)45)29-15-9-6-10-16-29)37(46)43(35(39)38(42)47)31(26-44)25-27-13-7-5-8-14-27/h5-22,31-35,44H,3-4,23-26H2,1-2H3/t31-,32+,33-,34+,35?,39+/m1/s1. The van der Waals surface area contributed by atoms with E-state index in [1.807, 2.05) is 103 Å². The molecule has 1 spiro atoms. The summed E-state index contributed by atoms with van der Waals surface area (Å²) in [5, 5.41) is 10.6. The van der Waals surface area contributed by atoms with Gasteiger partial charge in [0.2, 0.25) is 11.8 Å². The van der Waals surface area contributed by atoms with Crippen LogP contribution in [0.25, 0.3) is 0 Å². The Labute approximate surface area is 286 Å². The van der Waals surface area contributed by atoms with Gasteiger partial charge >= 0.3 is 0 Å². The van der Waals surface area contributed by atoms with Gasteiger partial charge in [-0.25, -0.2) is 0 Å². The van der Waals surface area contributed by atoms with E-state index in [1.54, 1.807) is 26.5 Å². The molecule has 3 aromatic carbocycles. The molecule has 0 radical (unpaired) electrons. The molecule has 9 heteroatoms. The summed E-state index contributed by atoms with van der Waals surface area (Å²) in [4.78, 5) is 52.0. The average Bonchev–Trinajstić information content (AvgIpc) is 3.44. The monoisotopic (exact) mass is 662 g/mol. The summed E-state index contributed by atoms with van der Waals surface area (Å²) < 4.78 is -0.983. The van der Waals surface area contributed by atoms with Crippen LogP contribution in [0.2, 0.25) is 0 Å². The summed E-state index contributed by atoms with van der Waals surface area (Å²) in [5.41, 5.74) is 3.58. The first-order valence-corrected chi connectivity index (χ1v) is 17.8. The zero-order valence-electron chi connectivity index (χ0n) is 27.4. The van der Waals surface area contributed by atoms with E-state index in [2.05, 4.69) is 24.8 Å². The fourth-order valence-electron chi connectivity index (χ4n) is 8.11. The molecular weight excluding hydrogens is 621 g/mol. The SMILES string of the molecule is CCN(CC)c1ccc(N2CC=C[C@]34S[C@H]5C=CCN(c6ccccc6)C(=O)[C@H]5[C@H]3C(=O)N([C@@H](CO)Cc3ccccc3)C4C2=O)cc1. The van der Waals surface area contributed by atoms with Crippen molar-refractivity contribution in [2.45, 2.75) is 42.3 Å². The van der Waals surface area contributed by atoms with Gasteiger partial charge in [0.15, 0.2) is 0 Å². The average molecular weight is 663 g/mol. The molecule has 3 aromatic rings. The van der Waals surface area contributed by atoms with Crippen molar-refractivity contribution in [1.82, 2.24) is 4.90 Å². The van der Waals surface area contributed by atoms with Crippen LogP contribution in [0.1, 0.15) is 19.4 Å². The summed E-state index contributed by atoms with van der Waals surface area (Å²) >= 11 is 1.56. The molecule has 3 amide bonds. The van der Waals surface area contributed by atoms with E-state index in [1.165, 1.54) is 0 Å². The summed E-state index contributed by atoms with van der Waals surface area (Å²) in [6, 6.07) is 25.8. The molecule has 1 N–H and O–H groups in total. The molecule has 0 aromatic heterocycles. The highest BCUT2D eigenvalue weighted by atomic mass is 32.2. The van der Waals surface area contributed by atoms with Gasteiger partial charge in [0.1, 0.15) is 6.04 Å². The molecule has 0 saturated carbocycles. The Morgan fingerprint density at radius 2 is 1.44 bits per heavy atom. The summed E-state index contributed by atoms with van der Waals surface area (Å²) in [6.45, 7) is 6.44. The van der Waals surface area contributed by atoms with Crippen LogP contribution in [0.5, 0.6) is 0 Å². The Balaban J connectivity index is 1.31. The maximum Gasteiger partial charge on any atom is 0.251 e. The molecule has 8 nitrogen and oxygen atoms in total. The smallest absolute Gasteiger partial charge is 0.251 e. The van der Waals surface area contributed by atoms with Crippen molar-refractivity contribution >= 4 is 46.5 Å². The maximum atomic E-state index is 15.0. The summed E-state index contributed by atoms with van der Waals surface area (Å²) in [6.07, 6.45) is 8.48. The third-order valence-corrected chi connectivity index (χ3v) is 12.1. The lowest BCUT2D eigenvalue weighted by atomic mass is 9.78. The van der Waals surface area contributed by atoms with Crippen molar-refractivity contribution < 1.29 is 19.5 Å². The Kier molecular flexibility index (Phi) is 8.92. The van der Waals surface area contributed by atoms with Gasteiger partial charge in [-0.1, -0.05) is 72.8 Å². The minimum absolute atomic E-state index is 0.114. The zero-order chi connectivity index (χ0) is 33.4. The van der Waals surface area contributed by atoms with Gasteiger partial charge in [-0.3, -0.25) is 14.4 Å². The predicted molar refractivity (Wildman–Crippen MR) is 192 cm³/mol. The number of likely N-dealkylation sites (tertiary alicyclic amines) is 1. The number of nitrogens with zero attached hydrogens (tertiary/aromatic N) is 4. The number of aliphatic hydroxyl groups excluding tert-OH is 1. The molecule has 2 fully saturated rings. The highest BCUT2D eigenvalue weighted by Crippen LogP contribution is 2.61. The van der Waals surface area contributed by atoms with Crippen molar-refractivity contribution in [3.05, 3.63) is 115 Å². The molecule has 2 saturated heterocycles. The quantitative estimate of drug-likeness (QED) is 0.327. The van der Waals surface area contributed by atoms with E-state index < -0.39 is 28.7 Å². The van der Waals surface area contributed by atoms with Crippen LogP contribution in [0.4, 0.5) is 17.1 Å². The normalized spacial score (nSPS) is 27.0. The van der Waals surface area contributed by atoms with E-state index in [0.29, 0.717) is 19.5 Å². The van der Waals surface area contributed by atoms with Crippen molar-refractivity contribution in [2.24, 2.45) is 11.8 Å². The largest absolute Gasteiger partial charge is 0.394 e. The van der Waals surface area contributed by atoms with E-state index in [9.17, 15) is 14.7 Å². The molecule has 248 valence electrons. The number of aliphatic hydroxyl groups is 1. The second-order valence-electron chi connectivity index (χ2n) is 12.9. The van der Waals surface area contributed by atoms with Crippen LogP contribution in [-0.2, 0) is 20.8 Å². The molecule has 7 rings (SSSR count). The van der Waals surface area contributed by atoms with Gasteiger partial charge in [-0.15, -0.1) is 11.8 Å².